The zero-order valence-electron chi connectivity index (χ0n) is 16.3. The monoisotopic (exact) mass is 358 g/mol. The van der Waals surface area contributed by atoms with E-state index in [1.54, 1.807) is 0 Å². The molecular weight excluding hydrogens is 324 g/mol. The molecule has 1 unspecified atom stereocenters. The molecule has 2 N–H and O–H groups in total. The number of rotatable bonds is 9. The summed E-state index contributed by atoms with van der Waals surface area (Å²) in [5.41, 5.74) is 2.63. The number of aliphatic imine (C=N–C) groups is 1. The van der Waals surface area contributed by atoms with E-state index >= 15 is 0 Å². The van der Waals surface area contributed by atoms with Crippen LogP contribution in [0.5, 0.6) is 0 Å². The summed E-state index contributed by atoms with van der Waals surface area (Å²) in [5, 5.41) is 6.87. The Labute approximate surface area is 158 Å². The molecule has 5 nitrogen and oxygen atoms in total. The van der Waals surface area contributed by atoms with Gasteiger partial charge in [0.2, 0.25) is 0 Å². The lowest BCUT2D eigenvalue weighted by atomic mass is 10.1. The maximum atomic E-state index is 5.68. The molecule has 26 heavy (non-hydrogen) atoms. The molecular formula is C21H34N4O. The summed E-state index contributed by atoms with van der Waals surface area (Å²) >= 11 is 0. The van der Waals surface area contributed by atoms with E-state index in [-0.39, 0.29) is 6.04 Å². The molecule has 1 heterocycles. The van der Waals surface area contributed by atoms with Crippen LogP contribution in [0.1, 0.15) is 51.1 Å². The Hall–Kier alpha value is -1.75. The van der Waals surface area contributed by atoms with Crippen molar-refractivity contribution >= 4 is 11.6 Å². The van der Waals surface area contributed by atoms with Crippen molar-refractivity contribution in [1.82, 2.24) is 10.6 Å². The zero-order valence-corrected chi connectivity index (χ0v) is 16.3. The zero-order chi connectivity index (χ0) is 18.2. The molecule has 0 aromatic heterocycles. The number of guanidine groups is 1. The van der Waals surface area contributed by atoms with Crippen molar-refractivity contribution in [1.29, 1.82) is 0 Å². The van der Waals surface area contributed by atoms with Crippen LogP contribution >= 0.6 is 0 Å². The Kier molecular flexibility index (Phi) is 7.18. The van der Waals surface area contributed by atoms with Crippen LogP contribution in [0.4, 0.5) is 5.69 Å². The fraction of sp³-hybridized carbons (Fsp3) is 0.667. The van der Waals surface area contributed by atoms with Crippen LogP contribution in [0.15, 0.2) is 29.3 Å². The number of hydrogen-bond acceptors (Lipinski definition) is 3. The van der Waals surface area contributed by atoms with Crippen molar-refractivity contribution in [3.05, 3.63) is 29.8 Å². The smallest absolute Gasteiger partial charge is 0.191 e. The van der Waals surface area contributed by atoms with Crippen LogP contribution in [-0.4, -0.2) is 45.4 Å². The van der Waals surface area contributed by atoms with Gasteiger partial charge < -0.3 is 20.3 Å². The van der Waals surface area contributed by atoms with E-state index in [1.807, 2.05) is 0 Å². The van der Waals surface area contributed by atoms with Crippen LogP contribution < -0.4 is 15.5 Å². The van der Waals surface area contributed by atoms with Crippen LogP contribution in [-0.2, 0) is 4.74 Å². The minimum atomic E-state index is 0.211. The highest BCUT2D eigenvalue weighted by molar-refractivity contribution is 5.80. The highest BCUT2D eigenvalue weighted by Crippen LogP contribution is 2.28. The lowest BCUT2D eigenvalue weighted by molar-refractivity contribution is 0.131. The van der Waals surface area contributed by atoms with Gasteiger partial charge in [-0.05, 0) is 63.1 Å². The average molecular weight is 359 g/mol. The fourth-order valence-electron chi connectivity index (χ4n) is 3.33. The molecule has 1 aliphatic carbocycles. The number of nitrogens with zero attached hydrogens (tertiary/aromatic N) is 2. The molecule has 0 bridgehead atoms. The van der Waals surface area contributed by atoms with E-state index < -0.39 is 0 Å². The summed E-state index contributed by atoms with van der Waals surface area (Å²) in [4.78, 5) is 7.13. The summed E-state index contributed by atoms with van der Waals surface area (Å²) in [6, 6.07) is 9.10. The summed E-state index contributed by atoms with van der Waals surface area (Å²) in [7, 11) is 0. The second-order valence-corrected chi connectivity index (χ2v) is 7.43. The first-order chi connectivity index (χ1) is 12.8. The maximum absolute atomic E-state index is 5.68. The van der Waals surface area contributed by atoms with E-state index in [0.717, 1.165) is 25.0 Å². The molecule has 5 heteroatoms. The van der Waals surface area contributed by atoms with Crippen LogP contribution in [0.2, 0.25) is 0 Å². The number of nitrogens with one attached hydrogen (secondary N) is 2. The molecule has 1 aliphatic heterocycles. The Morgan fingerprint density at radius 1 is 1.31 bits per heavy atom. The first-order valence-electron chi connectivity index (χ1n) is 10.2. The van der Waals surface area contributed by atoms with E-state index in [9.17, 15) is 0 Å². The molecule has 144 valence electrons. The molecule has 1 saturated carbocycles. The van der Waals surface area contributed by atoms with Gasteiger partial charge in [-0.25, -0.2) is 0 Å². The lowest BCUT2D eigenvalue weighted by Gasteiger charge is -2.22. The van der Waals surface area contributed by atoms with Crippen LogP contribution in [0.25, 0.3) is 0 Å². The van der Waals surface area contributed by atoms with Crippen molar-refractivity contribution in [3.8, 4) is 0 Å². The number of ether oxygens (including phenoxy) is 1. The van der Waals surface area contributed by atoms with Crippen LogP contribution in [0.3, 0.4) is 0 Å². The molecule has 1 aromatic rings. The molecule has 3 rings (SSSR count). The SMILES string of the molecule is CCNC(=NCCOCC1CC1)NC(C)c1cccc(N2CCCC2)c1. The molecule has 0 amide bonds. The lowest BCUT2D eigenvalue weighted by Crippen LogP contribution is -2.39. The number of anilines is 1. The third-order valence-corrected chi connectivity index (χ3v) is 5.09. The first kappa shape index (κ1) is 19.0. The highest BCUT2D eigenvalue weighted by Gasteiger charge is 2.20. The molecule has 2 aliphatic rings. The second kappa shape index (κ2) is 9.81. The van der Waals surface area contributed by atoms with Gasteiger partial charge in [-0.1, -0.05) is 12.1 Å². The van der Waals surface area contributed by atoms with Gasteiger partial charge in [0.1, 0.15) is 0 Å². The van der Waals surface area contributed by atoms with Crippen molar-refractivity contribution in [2.24, 2.45) is 10.9 Å². The molecule has 0 spiro atoms. The summed E-state index contributed by atoms with van der Waals surface area (Å²) in [6.45, 7) is 9.80. The molecule has 1 saturated heterocycles. The van der Waals surface area contributed by atoms with Gasteiger partial charge in [0.25, 0.3) is 0 Å². The largest absolute Gasteiger partial charge is 0.379 e. The minimum Gasteiger partial charge on any atom is -0.379 e. The molecule has 1 atom stereocenters. The number of hydrogen-bond donors (Lipinski definition) is 2. The molecule has 2 fully saturated rings. The van der Waals surface area contributed by atoms with E-state index in [1.165, 1.54) is 50.0 Å². The fourth-order valence-corrected chi connectivity index (χ4v) is 3.33. The normalized spacial score (nSPS) is 18.8. The van der Waals surface area contributed by atoms with Crippen molar-refractivity contribution in [3.63, 3.8) is 0 Å². The second-order valence-electron chi connectivity index (χ2n) is 7.43. The summed E-state index contributed by atoms with van der Waals surface area (Å²) in [5.74, 6) is 1.68. The predicted octanol–water partition coefficient (Wildman–Crippen LogP) is 3.33. The molecule has 0 radical (unpaired) electrons. The van der Waals surface area contributed by atoms with Gasteiger partial charge in [-0.2, -0.15) is 0 Å². The van der Waals surface area contributed by atoms with Crippen molar-refractivity contribution in [2.75, 3.05) is 44.3 Å². The molecule has 1 aromatic carbocycles. The van der Waals surface area contributed by atoms with Gasteiger partial charge in [0, 0.05) is 31.9 Å². The summed E-state index contributed by atoms with van der Waals surface area (Å²) in [6.07, 6.45) is 5.28. The van der Waals surface area contributed by atoms with Gasteiger partial charge in [0.05, 0.1) is 19.2 Å². The van der Waals surface area contributed by atoms with Crippen molar-refractivity contribution in [2.45, 2.75) is 45.6 Å². The van der Waals surface area contributed by atoms with Gasteiger partial charge in [-0.3, -0.25) is 4.99 Å². The van der Waals surface area contributed by atoms with Gasteiger partial charge in [-0.15, -0.1) is 0 Å². The van der Waals surface area contributed by atoms with Crippen LogP contribution in [0, 0.1) is 5.92 Å². The standard InChI is InChI=1S/C21H34N4O/c1-3-22-21(23-11-14-26-16-18-9-10-18)24-17(2)19-7-6-8-20(15-19)25-12-4-5-13-25/h6-8,15,17-18H,3-5,9-14,16H2,1-2H3,(H2,22,23,24). The minimum absolute atomic E-state index is 0.211. The Balaban J connectivity index is 1.52. The number of benzene rings is 1. The van der Waals surface area contributed by atoms with E-state index in [4.69, 9.17) is 4.74 Å². The highest BCUT2D eigenvalue weighted by atomic mass is 16.5. The maximum Gasteiger partial charge on any atom is 0.191 e. The Morgan fingerprint density at radius 2 is 2.12 bits per heavy atom. The van der Waals surface area contributed by atoms with Gasteiger partial charge in [0.15, 0.2) is 5.96 Å². The first-order valence-corrected chi connectivity index (χ1v) is 10.2. The third-order valence-electron chi connectivity index (χ3n) is 5.09. The van der Waals surface area contributed by atoms with E-state index in [2.05, 4.69) is 58.6 Å². The quantitative estimate of drug-likeness (QED) is 0.404. The van der Waals surface area contributed by atoms with Crippen molar-refractivity contribution < 1.29 is 4.74 Å². The third kappa shape index (κ3) is 5.90. The predicted molar refractivity (Wildman–Crippen MR) is 109 cm³/mol. The average Bonchev–Trinajstić information content (AvgIpc) is 3.31. The Bertz CT molecular complexity index is 579. The van der Waals surface area contributed by atoms with E-state index in [0.29, 0.717) is 13.2 Å². The summed E-state index contributed by atoms with van der Waals surface area (Å²) < 4.78 is 5.68. The Morgan fingerprint density at radius 3 is 2.85 bits per heavy atom. The topological polar surface area (TPSA) is 48.9 Å². The van der Waals surface area contributed by atoms with Gasteiger partial charge >= 0.3 is 0 Å².